The summed E-state index contributed by atoms with van der Waals surface area (Å²) in [6.07, 6.45) is -2.55. The smallest absolute Gasteiger partial charge is 0.268 e. The summed E-state index contributed by atoms with van der Waals surface area (Å²) in [5.74, 6) is 0. The van der Waals surface area contributed by atoms with E-state index in [-0.39, 0.29) is 15.0 Å². The lowest BCUT2D eigenvalue weighted by atomic mass is 10.2. The molecule has 1 rings (SSSR count). The predicted molar refractivity (Wildman–Crippen MR) is 59.0 cm³/mol. The van der Waals surface area contributed by atoms with Gasteiger partial charge in [-0.05, 0) is 51.2 Å². The van der Waals surface area contributed by atoms with Gasteiger partial charge < -0.3 is 5.73 Å². The van der Waals surface area contributed by atoms with E-state index in [1.807, 2.05) is 22.6 Å². The molecule has 0 fully saturated rings. The monoisotopic (exact) mass is 396 g/mol. The number of rotatable bonds is 1. The molecular weight excluding hydrogens is 392 g/mol. The lowest BCUT2D eigenvalue weighted by Crippen LogP contribution is -2.01. The molecule has 0 bridgehead atoms. The molecule has 0 radical (unpaired) electrons. The zero-order valence-electron chi connectivity index (χ0n) is 5.69. The third-order valence-corrected chi connectivity index (χ3v) is 2.61. The number of anilines is 1. The van der Waals surface area contributed by atoms with Crippen molar-refractivity contribution in [3.63, 3.8) is 0 Å². The van der Waals surface area contributed by atoms with Crippen molar-refractivity contribution in [3.05, 3.63) is 19.0 Å². The Morgan fingerprint density at radius 1 is 1.42 bits per heavy atom. The highest BCUT2D eigenvalue weighted by Gasteiger charge is 2.16. The molecule has 2 nitrogen and oxygen atoms in total. The van der Waals surface area contributed by atoms with Gasteiger partial charge in [-0.15, -0.1) is 0 Å². The molecule has 0 spiro atoms. The molecule has 0 aliphatic rings. The van der Waals surface area contributed by atoms with Crippen LogP contribution in [0.3, 0.4) is 0 Å². The van der Waals surface area contributed by atoms with Crippen LogP contribution < -0.4 is 5.73 Å². The fourth-order valence-corrected chi connectivity index (χ4v) is 2.57. The van der Waals surface area contributed by atoms with Gasteiger partial charge in [-0.1, -0.05) is 0 Å². The highest BCUT2D eigenvalue weighted by atomic mass is 127. The first-order valence-electron chi connectivity index (χ1n) is 2.92. The topological polar surface area (TPSA) is 38.9 Å². The van der Waals surface area contributed by atoms with E-state index in [1.54, 1.807) is 22.6 Å². The van der Waals surface area contributed by atoms with Crippen LogP contribution in [0.4, 0.5) is 14.5 Å². The molecule has 66 valence electrons. The summed E-state index contributed by atoms with van der Waals surface area (Å²) in [5, 5.41) is 0. The Morgan fingerprint density at radius 2 is 2.00 bits per heavy atom. The first kappa shape index (κ1) is 10.4. The first-order chi connectivity index (χ1) is 5.52. The highest BCUT2D eigenvalue weighted by Crippen LogP contribution is 2.29. The van der Waals surface area contributed by atoms with E-state index in [1.165, 1.54) is 6.07 Å². The van der Waals surface area contributed by atoms with Crippen LogP contribution in [0.5, 0.6) is 0 Å². The maximum atomic E-state index is 12.3. The van der Waals surface area contributed by atoms with Crippen LogP contribution in [0.2, 0.25) is 0 Å². The van der Waals surface area contributed by atoms with E-state index < -0.39 is 6.43 Å². The minimum Gasteiger partial charge on any atom is -0.398 e. The predicted octanol–water partition coefficient (Wildman–Crippen LogP) is 2.81. The first-order valence-corrected chi connectivity index (χ1v) is 5.07. The molecule has 1 aromatic heterocycles. The maximum absolute atomic E-state index is 12.3. The minimum atomic E-state index is -2.55. The number of aromatic nitrogens is 1. The van der Waals surface area contributed by atoms with Gasteiger partial charge in [0.25, 0.3) is 6.43 Å². The summed E-state index contributed by atoms with van der Waals surface area (Å²) in [7, 11) is 0. The number of halogens is 4. The van der Waals surface area contributed by atoms with E-state index in [0.717, 1.165) is 0 Å². The largest absolute Gasteiger partial charge is 0.398 e. The molecule has 0 saturated carbocycles. The molecule has 0 aromatic carbocycles. The van der Waals surface area contributed by atoms with Gasteiger partial charge in [-0.2, -0.15) is 0 Å². The molecule has 12 heavy (non-hydrogen) atoms. The molecule has 2 N–H and O–H groups in total. The fourth-order valence-electron chi connectivity index (χ4n) is 0.727. The summed E-state index contributed by atoms with van der Waals surface area (Å²) in [6, 6.07) is 1.43. The third kappa shape index (κ3) is 2.15. The van der Waals surface area contributed by atoms with Crippen molar-refractivity contribution >= 4 is 50.9 Å². The van der Waals surface area contributed by atoms with E-state index in [9.17, 15) is 8.78 Å². The van der Waals surface area contributed by atoms with Gasteiger partial charge in [0.05, 0.1) is 5.56 Å². The zero-order valence-corrected chi connectivity index (χ0v) is 10.0. The summed E-state index contributed by atoms with van der Waals surface area (Å²) < 4.78 is 25.5. The van der Waals surface area contributed by atoms with Crippen LogP contribution in [-0.4, -0.2) is 4.98 Å². The summed E-state index contributed by atoms with van der Waals surface area (Å²) >= 11 is 3.68. The summed E-state index contributed by atoms with van der Waals surface area (Å²) in [4.78, 5) is 3.87. The third-order valence-electron chi connectivity index (χ3n) is 1.23. The Morgan fingerprint density at radius 3 is 2.42 bits per heavy atom. The number of hydrogen-bond acceptors (Lipinski definition) is 2. The van der Waals surface area contributed by atoms with Crippen LogP contribution in [-0.2, 0) is 0 Å². The van der Waals surface area contributed by atoms with Gasteiger partial charge in [0, 0.05) is 5.69 Å². The molecule has 0 saturated heterocycles. The maximum Gasteiger partial charge on any atom is 0.268 e. The second-order valence-electron chi connectivity index (χ2n) is 2.04. The van der Waals surface area contributed by atoms with Crippen molar-refractivity contribution < 1.29 is 8.78 Å². The molecule has 1 heterocycles. The van der Waals surface area contributed by atoms with Gasteiger partial charge in [-0.3, -0.25) is 0 Å². The average Bonchev–Trinajstić information content (AvgIpc) is 1.82. The van der Waals surface area contributed by atoms with Crippen molar-refractivity contribution in [3.8, 4) is 0 Å². The lowest BCUT2D eigenvalue weighted by Gasteiger charge is -2.06. The van der Waals surface area contributed by atoms with Crippen LogP contribution >= 0.6 is 45.2 Å². The summed E-state index contributed by atoms with van der Waals surface area (Å²) in [6.45, 7) is 0. The molecule has 6 heteroatoms. The molecule has 1 aromatic rings. The number of alkyl halides is 2. The second-order valence-corrected chi connectivity index (χ2v) is 4.17. The van der Waals surface area contributed by atoms with Crippen molar-refractivity contribution in [2.75, 3.05) is 5.73 Å². The van der Waals surface area contributed by atoms with Gasteiger partial charge in [0.15, 0.2) is 0 Å². The Hall–Kier alpha value is 0.270. The molecule has 0 unspecified atom stereocenters. The second kappa shape index (κ2) is 3.99. The van der Waals surface area contributed by atoms with E-state index in [0.29, 0.717) is 3.70 Å². The summed E-state index contributed by atoms with van der Waals surface area (Å²) in [5.41, 5.74) is 5.33. The van der Waals surface area contributed by atoms with Crippen molar-refractivity contribution in [1.29, 1.82) is 0 Å². The minimum absolute atomic E-state index is 0.105. The van der Waals surface area contributed by atoms with E-state index in [4.69, 9.17) is 5.73 Å². The standard InChI is InChI=1S/C6H4F2I2N2/c7-5(8)4-2(11)1-3(9)12-6(4)10/h1,5H,(H2,11,12). The molecule has 0 aliphatic heterocycles. The van der Waals surface area contributed by atoms with Crippen LogP contribution in [0.1, 0.15) is 12.0 Å². The van der Waals surface area contributed by atoms with Gasteiger partial charge in [0.2, 0.25) is 0 Å². The Balaban J connectivity index is 3.28. The SMILES string of the molecule is Nc1cc(I)nc(I)c1C(F)F. The van der Waals surface area contributed by atoms with E-state index >= 15 is 0 Å². The molecule has 0 amide bonds. The fraction of sp³-hybridized carbons (Fsp3) is 0.167. The number of nitrogens with zero attached hydrogens (tertiary/aromatic N) is 1. The van der Waals surface area contributed by atoms with Crippen molar-refractivity contribution in [2.45, 2.75) is 6.43 Å². The molecule has 0 atom stereocenters. The van der Waals surface area contributed by atoms with Crippen molar-refractivity contribution in [1.82, 2.24) is 4.98 Å². The number of hydrogen-bond donors (Lipinski definition) is 1. The average molecular weight is 396 g/mol. The van der Waals surface area contributed by atoms with Gasteiger partial charge in [0.1, 0.15) is 7.40 Å². The number of nitrogens with two attached hydrogens (primary N) is 1. The molecular formula is C6H4F2I2N2. The Labute approximate surface area is 95.2 Å². The normalized spacial score (nSPS) is 10.8. The van der Waals surface area contributed by atoms with E-state index in [2.05, 4.69) is 4.98 Å². The molecule has 0 aliphatic carbocycles. The Bertz CT molecular complexity index is 281. The highest BCUT2D eigenvalue weighted by molar-refractivity contribution is 14.1. The zero-order chi connectivity index (χ0) is 9.30. The van der Waals surface area contributed by atoms with Crippen LogP contribution in [0, 0.1) is 7.40 Å². The van der Waals surface area contributed by atoms with Gasteiger partial charge in [-0.25, -0.2) is 13.8 Å². The quantitative estimate of drug-likeness (QED) is 0.586. The number of nitrogen functional groups attached to an aromatic ring is 1. The number of pyridine rings is 1. The van der Waals surface area contributed by atoms with Crippen LogP contribution in [0.15, 0.2) is 6.07 Å². The van der Waals surface area contributed by atoms with Gasteiger partial charge >= 0.3 is 0 Å². The Kier molecular flexibility index (Phi) is 3.44. The van der Waals surface area contributed by atoms with Crippen LogP contribution in [0.25, 0.3) is 0 Å². The lowest BCUT2D eigenvalue weighted by molar-refractivity contribution is 0.150. The van der Waals surface area contributed by atoms with Crippen molar-refractivity contribution in [2.24, 2.45) is 0 Å².